The number of hydrogen-bond donors (Lipinski definition) is 1. The lowest BCUT2D eigenvalue weighted by Crippen LogP contribution is -2.04. The second-order valence-electron chi connectivity index (χ2n) is 4.01. The Morgan fingerprint density at radius 1 is 1.39 bits per heavy atom. The topological polar surface area (TPSA) is 55.2 Å². The third-order valence-corrected chi connectivity index (χ3v) is 3.49. The van der Waals surface area contributed by atoms with E-state index in [9.17, 15) is 5.11 Å². The molecule has 1 aromatic heterocycles. The molecule has 1 unspecified atom stereocenters. The second kappa shape index (κ2) is 5.93. The summed E-state index contributed by atoms with van der Waals surface area (Å²) in [7, 11) is 0. The summed E-state index contributed by atoms with van der Waals surface area (Å²) in [5, 5.41) is 14.3. The van der Waals surface area contributed by atoms with Crippen molar-refractivity contribution < 1.29 is 9.84 Å². The number of aliphatic hydroxyl groups is 1. The third-order valence-electron chi connectivity index (χ3n) is 2.61. The molecule has 0 bridgehead atoms. The maximum absolute atomic E-state index is 10.4. The summed E-state index contributed by atoms with van der Waals surface area (Å²) < 4.78 is 9.50. The van der Waals surface area contributed by atoms with Crippen LogP contribution >= 0.6 is 11.5 Å². The van der Waals surface area contributed by atoms with Gasteiger partial charge in [0.1, 0.15) is 11.9 Å². The summed E-state index contributed by atoms with van der Waals surface area (Å²) in [5.74, 6) is 0.722. The lowest BCUT2D eigenvalue weighted by Gasteiger charge is -2.14. The van der Waals surface area contributed by atoms with Crippen LogP contribution in [0.3, 0.4) is 0 Å². The second-order valence-corrected chi connectivity index (χ2v) is 4.80. The first kappa shape index (κ1) is 13.0. The molecular formula is C13H16N2O2S. The normalized spacial score (nSPS) is 12.4. The van der Waals surface area contributed by atoms with Crippen molar-refractivity contribution in [3.63, 3.8) is 0 Å². The van der Waals surface area contributed by atoms with Crippen molar-refractivity contribution in [1.29, 1.82) is 0 Å². The van der Waals surface area contributed by atoms with E-state index in [0.717, 1.165) is 28.3 Å². The smallest absolute Gasteiger partial charge is 0.125 e. The van der Waals surface area contributed by atoms with Crippen LogP contribution in [0.5, 0.6) is 5.75 Å². The third kappa shape index (κ3) is 2.68. The highest BCUT2D eigenvalue weighted by atomic mass is 32.1. The summed E-state index contributed by atoms with van der Waals surface area (Å²) in [6.07, 6.45) is 0.212. The molecule has 2 aromatic rings. The molecule has 0 aliphatic carbocycles. The van der Waals surface area contributed by atoms with E-state index in [1.807, 2.05) is 31.2 Å². The summed E-state index contributed by atoms with van der Waals surface area (Å²) in [6.45, 7) is 4.54. The van der Waals surface area contributed by atoms with Crippen molar-refractivity contribution in [3.05, 3.63) is 40.4 Å². The molecule has 96 valence electrons. The number of para-hydroxylation sites is 1. The predicted molar refractivity (Wildman–Crippen MR) is 70.9 cm³/mol. The SMILES string of the molecule is CCCOc1ccccc1C(O)c1snnc1C. The highest BCUT2D eigenvalue weighted by Crippen LogP contribution is 2.32. The molecule has 1 aromatic carbocycles. The van der Waals surface area contributed by atoms with Crippen molar-refractivity contribution in [2.45, 2.75) is 26.4 Å². The fourth-order valence-corrected chi connectivity index (χ4v) is 2.33. The summed E-state index contributed by atoms with van der Waals surface area (Å²) >= 11 is 1.22. The largest absolute Gasteiger partial charge is 0.493 e. The number of aromatic nitrogens is 2. The van der Waals surface area contributed by atoms with Gasteiger partial charge in [-0.1, -0.05) is 29.6 Å². The van der Waals surface area contributed by atoms with Crippen LogP contribution in [0.4, 0.5) is 0 Å². The predicted octanol–water partition coefficient (Wildman–Crippen LogP) is 2.72. The first-order valence-electron chi connectivity index (χ1n) is 5.92. The molecule has 4 nitrogen and oxygen atoms in total. The number of hydrogen-bond acceptors (Lipinski definition) is 5. The van der Waals surface area contributed by atoms with E-state index in [1.165, 1.54) is 11.5 Å². The Bertz CT molecular complexity index is 513. The van der Waals surface area contributed by atoms with Gasteiger partial charge < -0.3 is 9.84 Å². The Balaban J connectivity index is 2.30. The van der Waals surface area contributed by atoms with E-state index in [4.69, 9.17) is 4.74 Å². The molecule has 5 heteroatoms. The van der Waals surface area contributed by atoms with Gasteiger partial charge in [0.2, 0.25) is 0 Å². The van der Waals surface area contributed by atoms with Crippen molar-refractivity contribution in [3.8, 4) is 5.75 Å². The van der Waals surface area contributed by atoms with E-state index >= 15 is 0 Å². The van der Waals surface area contributed by atoms with Crippen LogP contribution in [0.15, 0.2) is 24.3 Å². The van der Waals surface area contributed by atoms with Gasteiger partial charge in [0, 0.05) is 5.56 Å². The molecule has 18 heavy (non-hydrogen) atoms. The van der Waals surface area contributed by atoms with Gasteiger partial charge >= 0.3 is 0 Å². The summed E-state index contributed by atoms with van der Waals surface area (Å²) in [5.41, 5.74) is 1.53. The van der Waals surface area contributed by atoms with Gasteiger partial charge in [-0.2, -0.15) is 0 Å². The lowest BCUT2D eigenvalue weighted by molar-refractivity contribution is 0.213. The van der Waals surface area contributed by atoms with E-state index in [1.54, 1.807) is 0 Å². The van der Waals surface area contributed by atoms with E-state index in [-0.39, 0.29) is 0 Å². The average Bonchev–Trinajstić information content (AvgIpc) is 2.82. The van der Waals surface area contributed by atoms with Gasteiger partial charge in [0.25, 0.3) is 0 Å². The molecule has 0 spiro atoms. The number of aryl methyl sites for hydroxylation is 1. The molecule has 0 amide bonds. The van der Waals surface area contributed by atoms with Gasteiger partial charge in [-0.15, -0.1) is 5.10 Å². The quantitative estimate of drug-likeness (QED) is 0.902. The molecule has 1 heterocycles. The minimum Gasteiger partial charge on any atom is -0.493 e. The van der Waals surface area contributed by atoms with Crippen molar-refractivity contribution >= 4 is 11.5 Å². The molecule has 0 aliphatic heterocycles. The van der Waals surface area contributed by atoms with Crippen LogP contribution < -0.4 is 4.74 Å². The Morgan fingerprint density at radius 2 is 2.17 bits per heavy atom. The first-order chi connectivity index (χ1) is 8.74. The maximum Gasteiger partial charge on any atom is 0.125 e. The van der Waals surface area contributed by atoms with Crippen LogP contribution in [-0.4, -0.2) is 21.3 Å². The maximum atomic E-state index is 10.4. The molecule has 1 N–H and O–H groups in total. The fourth-order valence-electron chi connectivity index (χ4n) is 1.68. The Labute approximate surface area is 110 Å². The number of ether oxygens (including phenoxy) is 1. The van der Waals surface area contributed by atoms with Crippen molar-refractivity contribution in [2.75, 3.05) is 6.61 Å². The van der Waals surface area contributed by atoms with Crippen LogP contribution in [0.2, 0.25) is 0 Å². The molecule has 0 radical (unpaired) electrons. The standard InChI is InChI=1S/C13H16N2O2S/c1-3-8-17-11-7-5-4-6-10(11)12(16)13-9(2)14-15-18-13/h4-7,12,16H,3,8H2,1-2H3. The van der Waals surface area contributed by atoms with Gasteiger partial charge in [-0.3, -0.25) is 0 Å². The van der Waals surface area contributed by atoms with Gasteiger partial charge in [-0.05, 0) is 30.9 Å². The number of nitrogens with zero attached hydrogens (tertiary/aromatic N) is 2. The molecule has 0 saturated heterocycles. The Kier molecular flexibility index (Phi) is 4.28. The van der Waals surface area contributed by atoms with E-state index in [2.05, 4.69) is 16.5 Å². The number of rotatable bonds is 5. The van der Waals surface area contributed by atoms with E-state index < -0.39 is 6.10 Å². The van der Waals surface area contributed by atoms with Crippen molar-refractivity contribution in [2.24, 2.45) is 0 Å². The molecule has 1 atom stereocenters. The van der Waals surface area contributed by atoms with Gasteiger partial charge in [-0.25, -0.2) is 0 Å². The number of aliphatic hydroxyl groups excluding tert-OH is 1. The lowest BCUT2D eigenvalue weighted by atomic mass is 10.1. The van der Waals surface area contributed by atoms with Crippen LogP contribution in [0.1, 0.15) is 35.6 Å². The fraction of sp³-hybridized carbons (Fsp3) is 0.385. The summed E-state index contributed by atoms with van der Waals surface area (Å²) in [6, 6.07) is 7.53. The monoisotopic (exact) mass is 264 g/mol. The molecular weight excluding hydrogens is 248 g/mol. The minimum absolute atomic E-state index is 0.643. The zero-order chi connectivity index (χ0) is 13.0. The van der Waals surface area contributed by atoms with Crippen LogP contribution in [0.25, 0.3) is 0 Å². The van der Waals surface area contributed by atoms with Gasteiger partial charge in [0.15, 0.2) is 0 Å². The molecule has 2 rings (SSSR count). The van der Waals surface area contributed by atoms with Gasteiger partial charge in [0.05, 0.1) is 17.2 Å². The van der Waals surface area contributed by atoms with E-state index in [0.29, 0.717) is 6.61 Å². The highest BCUT2D eigenvalue weighted by Gasteiger charge is 2.19. The Hall–Kier alpha value is -1.46. The number of benzene rings is 1. The Morgan fingerprint density at radius 3 is 2.83 bits per heavy atom. The highest BCUT2D eigenvalue weighted by molar-refractivity contribution is 7.05. The molecule has 0 aliphatic rings. The zero-order valence-corrected chi connectivity index (χ0v) is 11.3. The van der Waals surface area contributed by atoms with Crippen LogP contribution in [0, 0.1) is 6.92 Å². The average molecular weight is 264 g/mol. The van der Waals surface area contributed by atoms with Crippen LogP contribution in [-0.2, 0) is 0 Å². The zero-order valence-electron chi connectivity index (χ0n) is 10.5. The summed E-state index contributed by atoms with van der Waals surface area (Å²) in [4.78, 5) is 0.766. The first-order valence-corrected chi connectivity index (χ1v) is 6.70. The minimum atomic E-state index is -0.724. The molecule has 0 fully saturated rings. The molecule has 0 saturated carbocycles. The van der Waals surface area contributed by atoms with Crippen molar-refractivity contribution in [1.82, 2.24) is 9.59 Å².